The van der Waals surface area contributed by atoms with Gasteiger partial charge in [-0.25, -0.2) is 5.48 Å². The van der Waals surface area contributed by atoms with E-state index in [9.17, 15) is 4.79 Å². The molecule has 0 saturated heterocycles. The maximum Gasteiger partial charge on any atom is 0.267 e. The fraction of sp³-hybridized carbons (Fsp3) is 0.276. The summed E-state index contributed by atoms with van der Waals surface area (Å²) < 4.78 is 0. The van der Waals surface area contributed by atoms with Crippen LogP contribution in [0, 0.1) is 13.8 Å². The number of aromatic nitrogens is 2. The molecule has 1 unspecified atom stereocenters. The number of aryl methyl sites for hydroxylation is 3. The van der Waals surface area contributed by atoms with Crippen LogP contribution in [0.25, 0.3) is 17.0 Å². The van der Waals surface area contributed by atoms with Crippen molar-refractivity contribution in [3.8, 4) is 0 Å². The van der Waals surface area contributed by atoms with Crippen LogP contribution in [0.5, 0.6) is 0 Å². The fourth-order valence-corrected chi connectivity index (χ4v) is 5.42. The monoisotopic (exact) mass is 468 g/mol. The van der Waals surface area contributed by atoms with E-state index in [1.165, 1.54) is 50.6 Å². The largest absolute Gasteiger partial charge is 0.362 e. The summed E-state index contributed by atoms with van der Waals surface area (Å²) in [6.45, 7) is 6.14. The van der Waals surface area contributed by atoms with Gasteiger partial charge in [0.05, 0.1) is 0 Å². The standard InChI is InChI=1S/C29H32N4O2/c1-19-15-24(20(2)31-19)18-33(14-13-23-17-30-27-6-4-3-5-25(23)27)28-11-9-22-16-21(7-10-26(22)28)8-12-29(34)32-35/h3-8,10,12,15-17,28,30-31,35H,9,11,13-14,18H2,1-2H3,(H,32,34)/b12-8+. The van der Waals surface area contributed by atoms with Gasteiger partial charge in [0, 0.05) is 53.7 Å². The van der Waals surface area contributed by atoms with Gasteiger partial charge in [-0.3, -0.25) is 14.9 Å². The van der Waals surface area contributed by atoms with Crippen molar-refractivity contribution in [3.05, 3.63) is 100 Å². The van der Waals surface area contributed by atoms with Gasteiger partial charge in [-0.1, -0.05) is 36.4 Å². The lowest BCUT2D eigenvalue weighted by atomic mass is 10.0. The highest BCUT2D eigenvalue weighted by Crippen LogP contribution is 2.38. The van der Waals surface area contributed by atoms with Crippen molar-refractivity contribution in [3.63, 3.8) is 0 Å². The van der Waals surface area contributed by atoms with Gasteiger partial charge >= 0.3 is 0 Å². The number of hydrogen-bond donors (Lipinski definition) is 4. The molecule has 180 valence electrons. The Kier molecular flexibility index (Phi) is 6.57. The Morgan fingerprint density at radius 2 is 2.03 bits per heavy atom. The van der Waals surface area contributed by atoms with E-state index in [0.29, 0.717) is 6.04 Å². The zero-order valence-corrected chi connectivity index (χ0v) is 20.3. The van der Waals surface area contributed by atoms with E-state index in [4.69, 9.17) is 5.21 Å². The second-order valence-corrected chi connectivity index (χ2v) is 9.50. The number of para-hydroxylation sites is 1. The number of nitrogens with one attached hydrogen (secondary N) is 3. The SMILES string of the molecule is Cc1cc(CN(CCc2c[nH]c3ccccc23)C2CCc3cc(/C=C/C(=O)NO)ccc32)c(C)[nH]1. The van der Waals surface area contributed by atoms with Crippen LogP contribution in [0.1, 0.15) is 51.7 Å². The maximum absolute atomic E-state index is 11.4. The minimum Gasteiger partial charge on any atom is -0.362 e. The van der Waals surface area contributed by atoms with Crippen LogP contribution in [-0.4, -0.2) is 32.5 Å². The lowest BCUT2D eigenvalue weighted by Gasteiger charge is -2.30. The average Bonchev–Trinajstić information content (AvgIpc) is 3.56. The molecular weight excluding hydrogens is 436 g/mol. The van der Waals surface area contributed by atoms with Crippen molar-refractivity contribution in [2.24, 2.45) is 0 Å². The summed E-state index contributed by atoms with van der Waals surface area (Å²) in [4.78, 5) is 20.9. The van der Waals surface area contributed by atoms with Crippen LogP contribution in [0.2, 0.25) is 0 Å². The number of hydrogen-bond acceptors (Lipinski definition) is 3. The molecule has 0 radical (unpaired) electrons. The molecule has 0 bridgehead atoms. The molecule has 1 aliphatic rings. The highest BCUT2D eigenvalue weighted by molar-refractivity contribution is 5.90. The third-order valence-corrected chi connectivity index (χ3v) is 7.17. The van der Waals surface area contributed by atoms with E-state index in [1.807, 2.05) is 0 Å². The molecule has 6 nitrogen and oxygen atoms in total. The Bertz CT molecular complexity index is 1380. The number of benzene rings is 2. The van der Waals surface area contributed by atoms with Crippen LogP contribution in [0.4, 0.5) is 0 Å². The minimum atomic E-state index is -0.524. The molecule has 4 aromatic rings. The Hall–Kier alpha value is -3.61. The molecule has 1 amide bonds. The summed E-state index contributed by atoms with van der Waals surface area (Å²) in [5, 5.41) is 10.0. The molecule has 2 heterocycles. The number of nitrogens with zero attached hydrogens (tertiary/aromatic N) is 1. The first-order chi connectivity index (χ1) is 17.0. The maximum atomic E-state index is 11.4. The van der Waals surface area contributed by atoms with E-state index in [1.54, 1.807) is 11.6 Å². The van der Waals surface area contributed by atoms with Crippen LogP contribution in [-0.2, 0) is 24.2 Å². The van der Waals surface area contributed by atoms with Gasteiger partial charge in [0.2, 0.25) is 0 Å². The van der Waals surface area contributed by atoms with E-state index in [2.05, 4.69) is 83.4 Å². The third kappa shape index (κ3) is 4.94. The molecule has 4 N–H and O–H groups in total. The molecule has 6 heteroatoms. The quantitative estimate of drug-likeness (QED) is 0.159. The summed E-state index contributed by atoms with van der Waals surface area (Å²) >= 11 is 0. The number of H-pyrrole nitrogens is 2. The van der Waals surface area contributed by atoms with Crippen LogP contribution >= 0.6 is 0 Å². The summed E-state index contributed by atoms with van der Waals surface area (Å²) in [6.07, 6.45) is 8.31. The van der Waals surface area contributed by atoms with Crippen molar-refractivity contribution in [2.75, 3.05) is 6.54 Å². The fourth-order valence-electron chi connectivity index (χ4n) is 5.42. The molecule has 1 atom stereocenters. The number of carbonyl (C=O) groups excluding carboxylic acids is 1. The minimum absolute atomic E-state index is 0.351. The van der Waals surface area contributed by atoms with E-state index < -0.39 is 5.91 Å². The Labute approximate surface area is 205 Å². The van der Waals surface area contributed by atoms with Gasteiger partial charge in [-0.05, 0) is 79.1 Å². The van der Waals surface area contributed by atoms with E-state index in [0.717, 1.165) is 37.9 Å². The molecule has 35 heavy (non-hydrogen) atoms. The molecule has 0 spiro atoms. The first-order valence-corrected chi connectivity index (χ1v) is 12.2. The van der Waals surface area contributed by atoms with E-state index in [-0.39, 0.29) is 0 Å². The predicted octanol–water partition coefficient (Wildman–Crippen LogP) is 5.36. The third-order valence-electron chi connectivity index (χ3n) is 7.17. The second-order valence-electron chi connectivity index (χ2n) is 9.50. The zero-order valence-electron chi connectivity index (χ0n) is 20.3. The number of hydroxylamine groups is 1. The van der Waals surface area contributed by atoms with E-state index >= 15 is 0 Å². The Morgan fingerprint density at radius 3 is 2.83 bits per heavy atom. The van der Waals surface area contributed by atoms with Crippen LogP contribution in [0.15, 0.2) is 60.8 Å². The van der Waals surface area contributed by atoms with Crippen molar-refractivity contribution in [1.29, 1.82) is 0 Å². The summed E-state index contributed by atoms with van der Waals surface area (Å²) in [5.41, 5.74) is 11.6. The normalized spacial score (nSPS) is 15.4. The van der Waals surface area contributed by atoms with Crippen LogP contribution < -0.4 is 5.48 Å². The predicted molar refractivity (Wildman–Crippen MR) is 139 cm³/mol. The number of amides is 1. The lowest BCUT2D eigenvalue weighted by Crippen LogP contribution is -2.29. The zero-order chi connectivity index (χ0) is 24.4. The second kappa shape index (κ2) is 9.94. The highest BCUT2D eigenvalue weighted by atomic mass is 16.5. The smallest absolute Gasteiger partial charge is 0.267 e. The molecule has 0 aliphatic heterocycles. The summed E-state index contributed by atoms with van der Waals surface area (Å²) in [7, 11) is 0. The topological polar surface area (TPSA) is 84.2 Å². The average molecular weight is 469 g/mol. The number of carbonyl (C=O) groups is 1. The molecule has 0 saturated carbocycles. The number of aromatic amines is 2. The lowest BCUT2D eigenvalue weighted by molar-refractivity contribution is -0.124. The first kappa shape index (κ1) is 23.1. The van der Waals surface area contributed by atoms with Gasteiger partial charge in [0.1, 0.15) is 0 Å². The van der Waals surface area contributed by atoms with Gasteiger partial charge in [0.15, 0.2) is 0 Å². The first-order valence-electron chi connectivity index (χ1n) is 12.2. The molecular formula is C29H32N4O2. The number of rotatable bonds is 8. The number of fused-ring (bicyclic) bond motifs is 2. The van der Waals surface area contributed by atoms with Crippen molar-refractivity contribution in [2.45, 2.75) is 45.7 Å². The van der Waals surface area contributed by atoms with Gasteiger partial charge < -0.3 is 9.97 Å². The van der Waals surface area contributed by atoms with Gasteiger partial charge in [-0.2, -0.15) is 0 Å². The molecule has 5 rings (SSSR count). The van der Waals surface area contributed by atoms with Gasteiger partial charge in [0.25, 0.3) is 5.91 Å². The Balaban J connectivity index is 1.40. The molecule has 2 aromatic heterocycles. The van der Waals surface area contributed by atoms with Gasteiger partial charge in [-0.15, -0.1) is 0 Å². The molecule has 1 aliphatic carbocycles. The van der Waals surface area contributed by atoms with Crippen molar-refractivity contribution >= 4 is 22.9 Å². The molecule has 0 fully saturated rings. The Morgan fingerprint density at radius 1 is 1.17 bits per heavy atom. The summed E-state index contributed by atoms with van der Waals surface area (Å²) in [6, 6.07) is 17.6. The highest BCUT2D eigenvalue weighted by Gasteiger charge is 2.28. The molecule has 2 aromatic carbocycles. The van der Waals surface area contributed by atoms with Crippen molar-refractivity contribution < 1.29 is 10.0 Å². The van der Waals surface area contributed by atoms with Crippen LogP contribution in [0.3, 0.4) is 0 Å². The van der Waals surface area contributed by atoms with Crippen molar-refractivity contribution in [1.82, 2.24) is 20.3 Å². The summed E-state index contributed by atoms with van der Waals surface area (Å²) in [5.74, 6) is -0.524.